The number of nitrogens with one attached hydrogen (secondary N) is 1. The Kier molecular flexibility index (Phi) is 6.85. The predicted octanol–water partition coefficient (Wildman–Crippen LogP) is 4.61. The average molecular weight is 406 g/mol. The van der Waals surface area contributed by atoms with Crippen molar-refractivity contribution in [3.05, 3.63) is 28.2 Å². The summed E-state index contributed by atoms with van der Waals surface area (Å²) in [6, 6.07) is 5.17. The number of anilines is 1. The zero-order chi connectivity index (χ0) is 16.8. The van der Waals surface area contributed by atoms with Gasteiger partial charge in [0.2, 0.25) is 5.13 Å². The lowest BCUT2D eigenvalue weighted by Crippen LogP contribution is -2.18. The van der Waals surface area contributed by atoms with Gasteiger partial charge >= 0.3 is 0 Å². The van der Waals surface area contributed by atoms with E-state index in [2.05, 4.69) is 15.5 Å². The van der Waals surface area contributed by atoms with Crippen molar-refractivity contribution in [2.45, 2.75) is 23.3 Å². The normalized spacial score (nSPS) is 17.2. The summed E-state index contributed by atoms with van der Waals surface area (Å²) in [7, 11) is 0. The third kappa shape index (κ3) is 5.39. The third-order valence-electron chi connectivity index (χ3n) is 3.37. The minimum Gasteiger partial charge on any atom is -0.491 e. The van der Waals surface area contributed by atoms with Crippen LogP contribution in [0, 0.1) is 0 Å². The Morgan fingerprint density at radius 3 is 3.12 bits per heavy atom. The van der Waals surface area contributed by atoms with Crippen LogP contribution in [0.1, 0.15) is 12.8 Å². The second-order valence-electron chi connectivity index (χ2n) is 5.16. The molecule has 24 heavy (non-hydrogen) atoms. The highest BCUT2D eigenvalue weighted by atomic mass is 35.5. The predicted molar refractivity (Wildman–Crippen MR) is 100 cm³/mol. The lowest BCUT2D eigenvalue weighted by atomic mass is 10.2. The van der Waals surface area contributed by atoms with E-state index < -0.39 is 0 Å². The maximum absolute atomic E-state index is 6.05. The minimum absolute atomic E-state index is 0.292. The van der Waals surface area contributed by atoms with Crippen molar-refractivity contribution in [1.29, 1.82) is 0 Å². The van der Waals surface area contributed by atoms with Gasteiger partial charge in [0.15, 0.2) is 4.34 Å². The molecular weight excluding hydrogens is 389 g/mol. The summed E-state index contributed by atoms with van der Waals surface area (Å²) in [5.41, 5.74) is 0. The van der Waals surface area contributed by atoms with Gasteiger partial charge in [-0.25, -0.2) is 0 Å². The van der Waals surface area contributed by atoms with E-state index >= 15 is 0 Å². The summed E-state index contributed by atoms with van der Waals surface area (Å²) in [5.74, 6) is 1.35. The van der Waals surface area contributed by atoms with Gasteiger partial charge in [0.1, 0.15) is 5.75 Å². The van der Waals surface area contributed by atoms with Gasteiger partial charge in [0.25, 0.3) is 0 Å². The van der Waals surface area contributed by atoms with Gasteiger partial charge < -0.3 is 14.8 Å². The third-order valence-corrected chi connectivity index (χ3v) is 5.90. The van der Waals surface area contributed by atoms with Crippen LogP contribution in [-0.4, -0.2) is 41.8 Å². The van der Waals surface area contributed by atoms with E-state index in [1.54, 1.807) is 30.0 Å². The molecule has 1 aromatic heterocycles. The molecule has 130 valence electrons. The number of aromatic nitrogens is 2. The molecule has 1 saturated heterocycles. The van der Waals surface area contributed by atoms with Crippen LogP contribution < -0.4 is 10.1 Å². The fourth-order valence-corrected chi connectivity index (χ4v) is 4.20. The highest BCUT2D eigenvalue weighted by molar-refractivity contribution is 8.01. The molecule has 0 radical (unpaired) electrons. The van der Waals surface area contributed by atoms with Crippen molar-refractivity contribution in [1.82, 2.24) is 10.2 Å². The lowest BCUT2D eigenvalue weighted by molar-refractivity contribution is 0.120. The number of thioether (sulfide) groups is 1. The molecule has 0 bridgehead atoms. The smallest absolute Gasteiger partial charge is 0.206 e. The van der Waals surface area contributed by atoms with E-state index in [0.29, 0.717) is 28.5 Å². The zero-order valence-electron chi connectivity index (χ0n) is 12.8. The van der Waals surface area contributed by atoms with Crippen LogP contribution in [0.5, 0.6) is 5.75 Å². The fraction of sp³-hybridized carbons (Fsp3) is 0.467. The largest absolute Gasteiger partial charge is 0.491 e. The summed E-state index contributed by atoms with van der Waals surface area (Å²) in [5, 5.41) is 13.6. The van der Waals surface area contributed by atoms with Crippen LogP contribution >= 0.6 is 46.3 Å². The number of halogens is 2. The molecule has 1 fully saturated rings. The van der Waals surface area contributed by atoms with Crippen molar-refractivity contribution < 1.29 is 9.47 Å². The van der Waals surface area contributed by atoms with E-state index in [1.807, 2.05) is 0 Å². The Morgan fingerprint density at radius 1 is 1.38 bits per heavy atom. The molecule has 2 heterocycles. The number of ether oxygens (including phenoxy) is 2. The SMILES string of the molecule is Clc1ccc(Cl)c(OCCSc2nnc(NCC3CCCO3)s2)c1. The molecule has 0 aliphatic carbocycles. The maximum atomic E-state index is 6.05. The molecule has 1 aliphatic heterocycles. The second kappa shape index (κ2) is 9.10. The number of hydrogen-bond donors (Lipinski definition) is 1. The van der Waals surface area contributed by atoms with Crippen LogP contribution in [0.3, 0.4) is 0 Å². The number of rotatable bonds is 8. The molecule has 1 unspecified atom stereocenters. The van der Waals surface area contributed by atoms with Crippen LogP contribution in [0.15, 0.2) is 22.5 Å². The molecule has 5 nitrogen and oxygen atoms in total. The molecule has 0 amide bonds. The second-order valence-corrected chi connectivity index (χ2v) is 8.32. The summed E-state index contributed by atoms with van der Waals surface area (Å²) in [6.45, 7) is 2.17. The Balaban J connectivity index is 1.38. The molecule has 3 rings (SSSR count). The Morgan fingerprint density at radius 2 is 2.29 bits per heavy atom. The van der Waals surface area contributed by atoms with Gasteiger partial charge in [-0.05, 0) is 25.0 Å². The van der Waals surface area contributed by atoms with Crippen LogP contribution in [-0.2, 0) is 4.74 Å². The van der Waals surface area contributed by atoms with Crippen molar-refractivity contribution in [2.24, 2.45) is 0 Å². The van der Waals surface area contributed by atoms with E-state index in [0.717, 1.165) is 41.2 Å². The van der Waals surface area contributed by atoms with Gasteiger partial charge in [-0.2, -0.15) is 0 Å². The topological polar surface area (TPSA) is 56.3 Å². The molecule has 1 atom stereocenters. The summed E-state index contributed by atoms with van der Waals surface area (Å²) in [6.07, 6.45) is 2.54. The van der Waals surface area contributed by atoms with Crippen molar-refractivity contribution in [3.8, 4) is 5.75 Å². The lowest BCUT2D eigenvalue weighted by Gasteiger charge is -2.08. The Labute approximate surface area is 159 Å². The first-order chi connectivity index (χ1) is 11.7. The van der Waals surface area contributed by atoms with Gasteiger partial charge in [-0.15, -0.1) is 10.2 Å². The standard InChI is InChI=1S/C15H17Cl2N3O2S2/c16-10-3-4-12(17)13(8-10)22-6-7-23-15-20-19-14(24-15)18-9-11-2-1-5-21-11/h3-4,8,11H,1-2,5-7,9H2,(H,18,19). The van der Waals surface area contributed by atoms with Gasteiger partial charge in [-0.3, -0.25) is 0 Å². The van der Waals surface area contributed by atoms with Crippen LogP contribution in [0.4, 0.5) is 5.13 Å². The molecule has 2 aromatic rings. The van der Waals surface area contributed by atoms with Gasteiger partial charge in [-0.1, -0.05) is 46.3 Å². The first-order valence-electron chi connectivity index (χ1n) is 7.60. The number of hydrogen-bond acceptors (Lipinski definition) is 7. The minimum atomic E-state index is 0.292. The molecule has 1 aliphatic rings. The number of benzene rings is 1. The zero-order valence-corrected chi connectivity index (χ0v) is 16.0. The monoisotopic (exact) mass is 405 g/mol. The quantitative estimate of drug-likeness (QED) is 0.511. The summed E-state index contributed by atoms with van der Waals surface area (Å²) >= 11 is 15.1. The Bertz CT molecular complexity index is 666. The number of nitrogens with zero attached hydrogens (tertiary/aromatic N) is 2. The summed E-state index contributed by atoms with van der Waals surface area (Å²) < 4.78 is 12.1. The Hall–Kier alpha value is -0.730. The molecule has 9 heteroatoms. The van der Waals surface area contributed by atoms with E-state index in [4.69, 9.17) is 32.7 Å². The highest BCUT2D eigenvalue weighted by Gasteiger charge is 2.15. The van der Waals surface area contributed by atoms with E-state index in [-0.39, 0.29) is 0 Å². The highest BCUT2D eigenvalue weighted by Crippen LogP contribution is 2.29. The van der Waals surface area contributed by atoms with Crippen LogP contribution in [0.2, 0.25) is 10.0 Å². The van der Waals surface area contributed by atoms with E-state index in [9.17, 15) is 0 Å². The maximum Gasteiger partial charge on any atom is 0.206 e. The molecular formula is C15H17Cl2N3O2S2. The molecule has 1 N–H and O–H groups in total. The van der Waals surface area contributed by atoms with Crippen molar-refractivity contribution in [2.75, 3.05) is 30.8 Å². The van der Waals surface area contributed by atoms with Gasteiger partial charge in [0, 0.05) is 30.0 Å². The molecule has 0 spiro atoms. The van der Waals surface area contributed by atoms with Crippen molar-refractivity contribution >= 4 is 51.4 Å². The molecule has 1 aromatic carbocycles. The molecule has 0 saturated carbocycles. The first-order valence-corrected chi connectivity index (χ1v) is 10.2. The first kappa shape index (κ1) is 18.1. The fourth-order valence-electron chi connectivity index (χ4n) is 2.21. The average Bonchev–Trinajstić information content (AvgIpc) is 3.24. The van der Waals surface area contributed by atoms with E-state index in [1.165, 1.54) is 11.3 Å². The van der Waals surface area contributed by atoms with Gasteiger partial charge in [0.05, 0.1) is 17.7 Å². The van der Waals surface area contributed by atoms with Crippen LogP contribution in [0.25, 0.3) is 0 Å². The summed E-state index contributed by atoms with van der Waals surface area (Å²) in [4.78, 5) is 0. The van der Waals surface area contributed by atoms with Crippen molar-refractivity contribution in [3.63, 3.8) is 0 Å².